The Bertz CT molecular complexity index is 213. The van der Waals surface area contributed by atoms with Gasteiger partial charge in [-0.2, -0.15) is 0 Å². The molecule has 1 heterocycles. The second-order valence-electron chi connectivity index (χ2n) is 3.05. The normalized spacial score (nSPS) is 21.9. The zero-order valence-electron chi connectivity index (χ0n) is 8.65. The zero-order chi connectivity index (χ0) is 10.8. The third-order valence-corrected chi connectivity index (χ3v) is 5.69. The number of urea groups is 1. The lowest BCUT2D eigenvalue weighted by atomic mass is 10.2. The van der Waals surface area contributed by atoms with Gasteiger partial charge in [0.1, 0.15) is 5.67 Å². The maximum atomic E-state index is 11.0. The molecule has 0 spiro atoms. The van der Waals surface area contributed by atoms with Crippen molar-refractivity contribution in [1.29, 1.82) is 0 Å². The molecule has 0 saturated carbocycles. The standard InChI is InChI=1S/C7H16N2O4Si/c1-11-14(12-2,13-3)6-4-5-9(6)7(8)10/h6H,4-5H2,1-3H3,(H2,8,10). The van der Waals surface area contributed by atoms with Crippen LogP contribution < -0.4 is 5.73 Å². The Morgan fingerprint density at radius 2 is 1.86 bits per heavy atom. The minimum atomic E-state index is -2.73. The molecule has 6 nitrogen and oxygen atoms in total. The van der Waals surface area contributed by atoms with Crippen LogP contribution in [0.1, 0.15) is 6.42 Å². The van der Waals surface area contributed by atoms with Gasteiger partial charge in [0.05, 0.1) is 0 Å². The van der Waals surface area contributed by atoms with Gasteiger partial charge in [0.15, 0.2) is 0 Å². The highest BCUT2D eigenvalue weighted by molar-refractivity contribution is 6.62. The molecule has 1 fully saturated rings. The van der Waals surface area contributed by atoms with Crippen LogP contribution in [-0.2, 0) is 13.3 Å². The van der Waals surface area contributed by atoms with E-state index in [1.807, 2.05) is 0 Å². The molecule has 0 radical (unpaired) electrons. The molecule has 0 aromatic heterocycles. The highest BCUT2D eigenvalue weighted by Gasteiger charge is 2.55. The van der Waals surface area contributed by atoms with E-state index in [2.05, 4.69) is 0 Å². The number of hydrogen-bond acceptors (Lipinski definition) is 4. The molecule has 14 heavy (non-hydrogen) atoms. The number of carbonyl (C=O) groups is 1. The fourth-order valence-corrected chi connectivity index (χ4v) is 4.11. The summed E-state index contributed by atoms with van der Waals surface area (Å²) in [5.74, 6) is 0. The van der Waals surface area contributed by atoms with E-state index < -0.39 is 14.8 Å². The SMILES string of the molecule is CO[Si](OC)(OC)C1CCN1C(N)=O. The second-order valence-corrected chi connectivity index (χ2v) is 6.15. The Kier molecular flexibility index (Phi) is 3.48. The van der Waals surface area contributed by atoms with E-state index in [4.69, 9.17) is 19.0 Å². The fraction of sp³-hybridized carbons (Fsp3) is 0.857. The molecule has 82 valence electrons. The van der Waals surface area contributed by atoms with Crippen molar-refractivity contribution in [3.63, 3.8) is 0 Å². The molecule has 0 bridgehead atoms. The zero-order valence-corrected chi connectivity index (χ0v) is 9.65. The van der Waals surface area contributed by atoms with Crippen LogP contribution in [0, 0.1) is 0 Å². The predicted octanol–water partition coefficient (Wildman–Crippen LogP) is -0.443. The van der Waals surface area contributed by atoms with Crippen LogP contribution in [0.25, 0.3) is 0 Å². The highest BCUT2D eigenvalue weighted by atomic mass is 28.4. The number of amides is 2. The van der Waals surface area contributed by atoms with E-state index in [0.717, 1.165) is 6.42 Å². The lowest BCUT2D eigenvalue weighted by molar-refractivity contribution is 0.0517. The summed E-state index contributed by atoms with van der Waals surface area (Å²) in [5.41, 5.74) is 5.05. The van der Waals surface area contributed by atoms with Crippen molar-refractivity contribution in [2.24, 2.45) is 5.73 Å². The minimum absolute atomic E-state index is 0.139. The lowest BCUT2D eigenvalue weighted by Gasteiger charge is -2.45. The van der Waals surface area contributed by atoms with Gasteiger partial charge in [0, 0.05) is 27.9 Å². The van der Waals surface area contributed by atoms with Gasteiger partial charge < -0.3 is 23.9 Å². The van der Waals surface area contributed by atoms with Crippen molar-refractivity contribution in [3.05, 3.63) is 0 Å². The van der Waals surface area contributed by atoms with Crippen molar-refractivity contribution in [2.75, 3.05) is 27.9 Å². The van der Waals surface area contributed by atoms with Gasteiger partial charge in [-0.05, 0) is 6.42 Å². The topological polar surface area (TPSA) is 74.0 Å². The van der Waals surface area contributed by atoms with Crippen LogP contribution in [0.4, 0.5) is 4.79 Å². The molecule has 1 rings (SSSR count). The molecule has 2 N–H and O–H groups in total. The van der Waals surface area contributed by atoms with E-state index in [-0.39, 0.29) is 5.67 Å². The summed E-state index contributed by atoms with van der Waals surface area (Å²) in [5, 5.41) is 0. The lowest BCUT2D eigenvalue weighted by Crippen LogP contribution is -2.69. The Hall–Kier alpha value is -0.633. The average Bonchev–Trinajstić information content (AvgIpc) is 2.11. The van der Waals surface area contributed by atoms with Gasteiger partial charge in [0.25, 0.3) is 0 Å². The summed E-state index contributed by atoms with van der Waals surface area (Å²) in [6.07, 6.45) is 0.810. The third kappa shape index (κ3) is 1.63. The van der Waals surface area contributed by atoms with Crippen LogP contribution in [0.2, 0.25) is 0 Å². The molecule has 1 unspecified atom stereocenters. The maximum Gasteiger partial charge on any atom is 0.524 e. The average molecular weight is 220 g/mol. The smallest absolute Gasteiger partial charge is 0.376 e. The van der Waals surface area contributed by atoms with Crippen molar-refractivity contribution in [2.45, 2.75) is 12.1 Å². The summed E-state index contributed by atoms with van der Waals surface area (Å²) < 4.78 is 15.8. The Morgan fingerprint density at radius 1 is 1.36 bits per heavy atom. The molecule has 7 heteroatoms. The van der Waals surface area contributed by atoms with E-state index >= 15 is 0 Å². The Morgan fingerprint density at radius 3 is 2.07 bits per heavy atom. The number of hydrogen-bond donors (Lipinski definition) is 1. The number of carbonyl (C=O) groups excluding carboxylic acids is 1. The third-order valence-electron chi connectivity index (χ3n) is 2.56. The molecule has 0 aliphatic carbocycles. The number of rotatable bonds is 4. The van der Waals surface area contributed by atoms with E-state index in [9.17, 15) is 4.79 Å². The molecular weight excluding hydrogens is 204 g/mol. The van der Waals surface area contributed by atoms with Crippen molar-refractivity contribution in [1.82, 2.24) is 4.90 Å². The van der Waals surface area contributed by atoms with Gasteiger partial charge in [0.2, 0.25) is 0 Å². The first-order chi connectivity index (χ1) is 6.61. The summed E-state index contributed by atoms with van der Waals surface area (Å²) in [7, 11) is 1.84. The molecule has 1 aliphatic heterocycles. The van der Waals surface area contributed by atoms with Gasteiger partial charge in [-0.25, -0.2) is 4.79 Å². The van der Waals surface area contributed by atoms with Crippen molar-refractivity contribution in [3.8, 4) is 0 Å². The van der Waals surface area contributed by atoms with Crippen LogP contribution in [0.5, 0.6) is 0 Å². The van der Waals surface area contributed by atoms with Gasteiger partial charge in [-0.3, -0.25) is 0 Å². The summed E-state index contributed by atoms with van der Waals surface area (Å²) >= 11 is 0. The summed E-state index contributed by atoms with van der Waals surface area (Å²) in [6.45, 7) is 0.644. The highest BCUT2D eigenvalue weighted by Crippen LogP contribution is 2.27. The molecular formula is C7H16N2O4Si. The van der Waals surface area contributed by atoms with Crippen LogP contribution in [0.3, 0.4) is 0 Å². The van der Waals surface area contributed by atoms with Crippen LogP contribution in [-0.4, -0.2) is 53.3 Å². The maximum absolute atomic E-state index is 11.0. The first kappa shape index (κ1) is 11.4. The summed E-state index contributed by atoms with van der Waals surface area (Å²) in [6, 6.07) is -0.454. The van der Waals surface area contributed by atoms with Crippen LogP contribution >= 0.6 is 0 Å². The molecule has 1 atom stereocenters. The molecule has 2 amide bonds. The van der Waals surface area contributed by atoms with Crippen molar-refractivity contribution < 1.29 is 18.1 Å². The summed E-state index contributed by atoms with van der Waals surface area (Å²) in [4.78, 5) is 12.5. The van der Waals surface area contributed by atoms with E-state index in [1.165, 1.54) is 26.2 Å². The van der Waals surface area contributed by atoms with Crippen LogP contribution in [0.15, 0.2) is 0 Å². The van der Waals surface area contributed by atoms with E-state index in [0.29, 0.717) is 6.54 Å². The van der Waals surface area contributed by atoms with E-state index in [1.54, 1.807) is 0 Å². The second kappa shape index (κ2) is 4.26. The molecule has 1 aliphatic rings. The minimum Gasteiger partial charge on any atom is -0.376 e. The van der Waals surface area contributed by atoms with Gasteiger partial charge >= 0.3 is 14.8 Å². The van der Waals surface area contributed by atoms with Gasteiger partial charge in [-0.1, -0.05) is 0 Å². The number of nitrogens with two attached hydrogens (primary N) is 1. The number of primary amides is 1. The Labute approximate surface area is 84.3 Å². The van der Waals surface area contributed by atoms with Gasteiger partial charge in [-0.15, -0.1) is 0 Å². The van der Waals surface area contributed by atoms with Crippen molar-refractivity contribution >= 4 is 14.8 Å². The fourth-order valence-electron chi connectivity index (χ4n) is 1.68. The quantitative estimate of drug-likeness (QED) is 0.652. The number of nitrogens with zero attached hydrogens (tertiary/aromatic N) is 1. The molecule has 0 aromatic rings. The predicted molar refractivity (Wildman–Crippen MR) is 51.5 cm³/mol. The largest absolute Gasteiger partial charge is 0.524 e. The first-order valence-electron chi connectivity index (χ1n) is 4.32. The molecule has 1 saturated heterocycles. The monoisotopic (exact) mass is 220 g/mol. The number of likely N-dealkylation sites (tertiary alicyclic amines) is 1. The first-order valence-corrected chi connectivity index (χ1v) is 6.13. The molecule has 0 aromatic carbocycles. The Balaban J connectivity index is 2.74.